The van der Waals surface area contributed by atoms with Gasteiger partial charge in [0.15, 0.2) is 0 Å². The molecule has 0 aromatic rings. The van der Waals surface area contributed by atoms with Crippen molar-refractivity contribution >= 4 is 6.16 Å². The van der Waals surface area contributed by atoms with Crippen LogP contribution in [-0.4, -0.2) is 29.6 Å². The Morgan fingerprint density at radius 3 is 2.60 bits per heavy atom. The standard InChI is InChI=1S/C3H5NO6/c5-3(6)9-1-2-10-4(7)8/h1-2H2,(H,5,6). The molecule has 10 heavy (non-hydrogen) atoms. The van der Waals surface area contributed by atoms with Crippen molar-refractivity contribution < 1.29 is 24.6 Å². The van der Waals surface area contributed by atoms with Gasteiger partial charge in [-0.3, -0.25) is 0 Å². The summed E-state index contributed by atoms with van der Waals surface area (Å²) in [6.45, 7) is -0.713. The number of rotatable bonds is 4. The van der Waals surface area contributed by atoms with Crippen molar-refractivity contribution in [3.05, 3.63) is 10.1 Å². The summed E-state index contributed by atoms with van der Waals surface area (Å²) in [6.07, 6.45) is -1.48. The summed E-state index contributed by atoms with van der Waals surface area (Å²) in [6, 6.07) is 0. The Labute approximate surface area is 55.3 Å². The Balaban J connectivity index is 3.06. The molecule has 0 spiro atoms. The third-order valence-electron chi connectivity index (χ3n) is 0.506. The van der Waals surface area contributed by atoms with Crippen molar-refractivity contribution in [3.8, 4) is 0 Å². The zero-order valence-electron chi connectivity index (χ0n) is 4.85. The van der Waals surface area contributed by atoms with Crippen molar-refractivity contribution in [2.75, 3.05) is 13.2 Å². The van der Waals surface area contributed by atoms with Crippen LogP contribution in [0.2, 0.25) is 0 Å². The monoisotopic (exact) mass is 151 g/mol. The fourth-order valence-electron chi connectivity index (χ4n) is 0.241. The predicted molar refractivity (Wildman–Crippen MR) is 26.9 cm³/mol. The van der Waals surface area contributed by atoms with Gasteiger partial charge in [-0.15, -0.1) is 10.1 Å². The molecule has 0 aliphatic carbocycles. The summed E-state index contributed by atoms with van der Waals surface area (Å²) < 4.78 is 3.88. The molecule has 0 saturated heterocycles. The number of hydrogen-bond donors (Lipinski definition) is 1. The lowest BCUT2D eigenvalue weighted by Crippen LogP contribution is -2.11. The zero-order chi connectivity index (χ0) is 7.98. The molecule has 0 fully saturated rings. The van der Waals surface area contributed by atoms with Crippen molar-refractivity contribution in [2.45, 2.75) is 0 Å². The Kier molecular flexibility index (Phi) is 3.69. The van der Waals surface area contributed by atoms with Gasteiger partial charge in [-0.05, 0) is 0 Å². The fourth-order valence-corrected chi connectivity index (χ4v) is 0.241. The van der Waals surface area contributed by atoms with Gasteiger partial charge in [0.05, 0.1) is 0 Å². The summed E-state index contributed by atoms with van der Waals surface area (Å²) in [5, 5.41) is 16.2. The first-order chi connectivity index (χ1) is 4.63. The van der Waals surface area contributed by atoms with E-state index in [1.165, 1.54) is 0 Å². The van der Waals surface area contributed by atoms with E-state index >= 15 is 0 Å². The van der Waals surface area contributed by atoms with Gasteiger partial charge in [-0.25, -0.2) is 4.79 Å². The van der Waals surface area contributed by atoms with E-state index in [1.807, 2.05) is 0 Å². The number of ether oxygens (including phenoxy) is 1. The molecule has 0 heterocycles. The smallest absolute Gasteiger partial charge is 0.450 e. The normalized spacial score (nSPS) is 8.40. The van der Waals surface area contributed by atoms with Crippen LogP contribution < -0.4 is 0 Å². The molecular weight excluding hydrogens is 146 g/mol. The first-order valence-electron chi connectivity index (χ1n) is 2.26. The van der Waals surface area contributed by atoms with Crippen LogP contribution in [0, 0.1) is 10.1 Å². The summed E-state index contributed by atoms with van der Waals surface area (Å²) in [7, 11) is 0. The molecular formula is C3H5NO6. The van der Waals surface area contributed by atoms with E-state index in [2.05, 4.69) is 9.57 Å². The highest BCUT2D eigenvalue weighted by Gasteiger charge is 1.97. The van der Waals surface area contributed by atoms with E-state index in [9.17, 15) is 14.9 Å². The maximum atomic E-state index is 9.60. The SMILES string of the molecule is O=C(O)OCCO[N+](=O)[O-]. The number of hydrogen-bond acceptors (Lipinski definition) is 5. The van der Waals surface area contributed by atoms with Crippen LogP contribution in [-0.2, 0) is 9.57 Å². The maximum absolute atomic E-state index is 9.60. The first-order valence-corrected chi connectivity index (χ1v) is 2.26. The molecule has 0 aromatic heterocycles. The van der Waals surface area contributed by atoms with Crippen molar-refractivity contribution in [2.24, 2.45) is 0 Å². The number of carboxylic acid groups (broad SMARTS) is 1. The van der Waals surface area contributed by atoms with Gasteiger partial charge in [-0.2, -0.15) is 0 Å². The lowest BCUT2D eigenvalue weighted by Gasteiger charge is -1.96. The lowest BCUT2D eigenvalue weighted by molar-refractivity contribution is -0.757. The van der Waals surface area contributed by atoms with Crippen molar-refractivity contribution in [3.63, 3.8) is 0 Å². The van der Waals surface area contributed by atoms with Crippen LogP contribution in [0.5, 0.6) is 0 Å². The zero-order valence-corrected chi connectivity index (χ0v) is 4.85. The van der Waals surface area contributed by atoms with Crippen LogP contribution in [0.3, 0.4) is 0 Å². The predicted octanol–water partition coefficient (Wildman–Crippen LogP) is -0.111. The van der Waals surface area contributed by atoms with Crippen molar-refractivity contribution in [1.29, 1.82) is 0 Å². The number of nitrogens with zero attached hydrogens (tertiary/aromatic N) is 1. The molecule has 0 radical (unpaired) electrons. The molecule has 7 heteroatoms. The van der Waals surface area contributed by atoms with E-state index in [-0.39, 0.29) is 13.2 Å². The molecule has 0 atom stereocenters. The topological polar surface area (TPSA) is 98.9 Å². The van der Waals surface area contributed by atoms with Gasteiger partial charge in [0.1, 0.15) is 13.2 Å². The average molecular weight is 151 g/mol. The quantitative estimate of drug-likeness (QED) is 0.260. The highest BCUT2D eigenvalue weighted by molar-refractivity contribution is 5.56. The molecule has 0 saturated carbocycles. The molecule has 0 unspecified atom stereocenters. The Hall–Kier alpha value is -1.53. The van der Waals surface area contributed by atoms with Crippen LogP contribution in [0.4, 0.5) is 4.79 Å². The molecule has 0 aliphatic heterocycles. The fraction of sp³-hybridized carbons (Fsp3) is 0.667. The molecule has 58 valence electrons. The Morgan fingerprint density at radius 2 is 2.20 bits per heavy atom. The summed E-state index contributed by atoms with van der Waals surface area (Å²) >= 11 is 0. The van der Waals surface area contributed by atoms with Gasteiger partial charge < -0.3 is 14.7 Å². The average Bonchev–Trinajstić information content (AvgIpc) is 1.79. The molecule has 0 aliphatic rings. The van der Waals surface area contributed by atoms with Crippen molar-refractivity contribution in [1.82, 2.24) is 0 Å². The van der Waals surface area contributed by atoms with Gasteiger partial charge in [-0.1, -0.05) is 0 Å². The molecule has 7 nitrogen and oxygen atoms in total. The minimum Gasteiger partial charge on any atom is -0.450 e. The minimum atomic E-state index is -1.48. The minimum absolute atomic E-state index is 0.337. The van der Waals surface area contributed by atoms with Gasteiger partial charge in [0.25, 0.3) is 5.09 Å². The summed E-state index contributed by atoms with van der Waals surface area (Å²) in [5.74, 6) is 0. The molecule has 0 rings (SSSR count). The van der Waals surface area contributed by atoms with Crippen LogP contribution in [0.1, 0.15) is 0 Å². The summed E-state index contributed by atoms with van der Waals surface area (Å²) in [5.41, 5.74) is 0. The van der Waals surface area contributed by atoms with Crippen LogP contribution >= 0.6 is 0 Å². The second kappa shape index (κ2) is 4.36. The summed E-state index contributed by atoms with van der Waals surface area (Å²) in [4.78, 5) is 22.7. The van der Waals surface area contributed by atoms with Crippen LogP contribution in [0.15, 0.2) is 0 Å². The molecule has 0 amide bonds. The van der Waals surface area contributed by atoms with E-state index in [4.69, 9.17) is 5.11 Å². The first kappa shape index (κ1) is 8.47. The second-order valence-corrected chi connectivity index (χ2v) is 1.17. The Morgan fingerprint density at radius 1 is 1.60 bits per heavy atom. The lowest BCUT2D eigenvalue weighted by atomic mass is 10.8. The maximum Gasteiger partial charge on any atom is 0.505 e. The largest absolute Gasteiger partial charge is 0.505 e. The van der Waals surface area contributed by atoms with E-state index < -0.39 is 11.2 Å². The molecule has 0 aromatic carbocycles. The Bertz CT molecular complexity index is 117. The third kappa shape index (κ3) is 6.47. The second-order valence-electron chi connectivity index (χ2n) is 1.17. The van der Waals surface area contributed by atoms with Crippen LogP contribution in [0.25, 0.3) is 0 Å². The highest BCUT2D eigenvalue weighted by atomic mass is 17.0. The number of carbonyl (C=O) groups is 1. The highest BCUT2D eigenvalue weighted by Crippen LogP contribution is 1.78. The third-order valence-corrected chi connectivity index (χ3v) is 0.506. The van der Waals surface area contributed by atoms with E-state index in [1.54, 1.807) is 0 Å². The van der Waals surface area contributed by atoms with Gasteiger partial charge >= 0.3 is 6.16 Å². The van der Waals surface area contributed by atoms with E-state index in [0.717, 1.165) is 0 Å². The van der Waals surface area contributed by atoms with E-state index in [0.29, 0.717) is 0 Å². The molecule has 1 N–H and O–H groups in total. The van der Waals surface area contributed by atoms with Gasteiger partial charge in [0.2, 0.25) is 0 Å². The molecule has 0 bridgehead atoms. The van der Waals surface area contributed by atoms with Gasteiger partial charge in [0, 0.05) is 0 Å².